The molecule has 140 valence electrons. The zero-order valence-corrected chi connectivity index (χ0v) is 16.6. The molecule has 0 aromatic heterocycles. The molecule has 0 unspecified atom stereocenters. The van der Waals surface area contributed by atoms with Crippen molar-refractivity contribution < 1.29 is 18.7 Å². The van der Waals surface area contributed by atoms with E-state index in [0.29, 0.717) is 29.2 Å². The first-order chi connectivity index (χ1) is 13.5. The van der Waals surface area contributed by atoms with Crippen LogP contribution in [0.2, 0.25) is 0 Å². The van der Waals surface area contributed by atoms with E-state index in [2.05, 4.69) is 15.9 Å². The Hall–Kier alpha value is -2.92. The van der Waals surface area contributed by atoms with Crippen molar-refractivity contribution in [3.05, 3.63) is 99.0 Å². The number of Topliss-reactive ketones (excluding diaryl/α,β-unsaturated/α-hetero) is 1. The average molecular weight is 439 g/mol. The maximum Gasteiger partial charge on any atom is 0.231 e. The van der Waals surface area contributed by atoms with Crippen LogP contribution in [-0.4, -0.2) is 5.78 Å². The van der Waals surface area contributed by atoms with Crippen LogP contribution in [0.25, 0.3) is 6.08 Å². The normalized spacial score (nSPS) is 14.1. The summed E-state index contributed by atoms with van der Waals surface area (Å²) in [6.45, 7) is 2.26. The van der Waals surface area contributed by atoms with E-state index < -0.39 is 0 Å². The number of hydrogen-bond acceptors (Lipinski definition) is 3. The Morgan fingerprint density at radius 3 is 2.64 bits per heavy atom. The first-order valence-electron chi connectivity index (χ1n) is 8.72. The third-order valence-electron chi connectivity index (χ3n) is 4.49. The molecule has 5 heteroatoms. The molecule has 0 amide bonds. The molecule has 1 heterocycles. The molecule has 0 spiro atoms. The van der Waals surface area contributed by atoms with Crippen molar-refractivity contribution in [3.63, 3.8) is 0 Å². The molecule has 3 aromatic carbocycles. The van der Waals surface area contributed by atoms with Crippen LogP contribution in [0.3, 0.4) is 0 Å². The fourth-order valence-corrected chi connectivity index (χ4v) is 3.28. The number of ether oxygens (including phenoxy) is 2. The van der Waals surface area contributed by atoms with Crippen LogP contribution in [0.1, 0.15) is 27.0 Å². The quantitative estimate of drug-likeness (QED) is 0.462. The van der Waals surface area contributed by atoms with E-state index in [9.17, 15) is 9.18 Å². The summed E-state index contributed by atoms with van der Waals surface area (Å²) < 4.78 is 26.1. The van der Waals surface area contributed by atoms with Gasteiger partial charge in [-0.1, -0.05) is 40.2 Å². The minimum Gasteiger partial charge on any atom is -0.488 e. The van der Waals surface area contributed by atoms with Crippen molar-refractivity contribution in [1.29, 1.82) is 0 Å². The van der Waals surface area contributed by atoms with Gasteiger partial charge >= 0.3 is 0 Å². The third-order valence-corrected chi connectivity index (χ3v) is 5.02. The van der Waals surface area contributed by atoms with E-state index in [0.717, 1.165) is 15.6 Å². The second-order valence-electron chi connectivity index (χ2n) is 6.48. The number of benzene rings is 3. The molecule has 3 aromatic rings. The second-order valence-corrected chi connectivity index (χ2v) is 7.39. The monoisotopic (exact) mass is 438 g/mol. The number of ketones is 1. The molecule has 1 aliphatic rings. The van der Waals surface area contributed by atoms with Crippen molar-refractivity contribution in [2.75, 3.05) is 0 Å². The highest BCUT2D eigenvalue weighted by Crippen LogP contribution is 2.39. The van der Waals surface area contributed by atoms with Gasteiger partial charge in [0.25, 0.3) is 0 Å². The van der Waals surface area contributed by atoms with Gasteiger partial charge in [0.05, 0.1) is 5.56 Å². The van der Waals surface area contributed by atoms with Crippen molar-refractivity contribution in [3.8, 4) is 11.5 Å². The van der Waals surface area contributed by atoms with Crippen LogP contribution in [0, 0.1) is 12.7 Å². The summed E-state index contributed by atoms with van der Waals surface area (Å²) in [6, 6.07) is 17.4. The second kappa shape index (κ2) is 7.60. The first-order valence-corrected chi connectivity index (χ1v) is 9.51. The third kappa shape index (κ3) is 3.71. The molecule has 0 radical (unpaired) electrons. The number of rotatable bonds is 4. The van der Waals surface area contributed by atoms with Crippen LogP contribution in [0.5, 0.6) is 11.5 Å². The van der Waals surface area contributed by atoms with Gasteiger partial charge in [-0.15, -0.1) is 0 Å². The van der Waals surface area contributed by atoms with E-state index >= 15 is 0 Å². The Morgan fingerprint density at radius 2 is 1.89 bits per heavy atom. The number of carbonyl (C=O) groups excluding carboxylic acids is 1. The lowest BCUT2D eigenvalue weighted by atomic mass is 10.1. The Kier molecular flexibility index (Phi) is 5.01. The van der Waals surface area contributed by atoms with Gasteiger partial charge in [-0.2, -0.15) is 0 Å². The molecule has 4 rings (SSSR count). The van der Waals surface area contributed by atoms with Crippen LogP contribution in [0.15, 0.2) is 70.9 Å². The van der Waals surface area contributed by atoms with Crippen LogP contribution >= 0.6 is 15.9 Å². The standard InChI is InChI=1S/C23H16BrFO3/c1-14-20(27-13-15-5-7-17(24)8-6-15)10-9-19-22(26)21(28-23(14)19)12-16-3-2-4-18(25)11-16/h2-12H,13H2,1H3/b21-12-. The highest BCUT2D eigenvalue weighted by Gasteiger charge is 2.30. The van der Waals surface area contributed by atoms with E-state index in [-0.39, 0.29) is 17.4 Å². The molecule has 0 bridgehead atoms. The molecular weight excluding hydrogens is 423 g/mol. The van der Waals surface area contributed by atoms with Gasteiger partial charge in [0, 0.05) is 10.0 Å². The van der Waals surface area contributed by atoms with Gasteiger partial charge in [-0.05, 0) is 60.5 Å². The van der Waals surface area contributed by atoms with E-state index in [4.69, 9.17) is 9.47 Å². The molecule has 0 fully saturated rings. The Bertz CT molecular complexity index is 1090. The van der Waals surface area contributed by atoms with Gasteiger partial charge in [-0.25, -0.2) is 4.39 Å². The Balaban J connectivity index is 1.57. The summed E-state index contributed by atoms with van der Waals surface area (Å²) in [7, 11) is 0. The largest absolute Gasteiger partial charge is 0.488 e. The maximum absolute atomic E-state index is 13.4. The summed E-state index contributed by atoms with van der Waals surface area (Å²) in [4.78, 5) is 12.6. The molecule has 28 heavy (non-hydrogen) atoms. The van der Waals surface area contributed by atoms with Crippen molar-refractivity contribution >= 4 is 27.8 Å². The van der Waals surface area contributed by atoms with Gasteiger partial charge in [0.2, 0.25) is 5.78 Å². The van der Waals surface area contributed by atoms with Gasteiger partial charge in [0.15, 0.2) is 5.76 Å². The minimum atomic E-state index is -0.364. The van der Waals surface area contributed by atoms with Gasteiger partial charge < -0.3 is 9.47 Å². The smallest absolute Gasteiger partial charge is 0.231 e. The van der Waals surface area contributed by atoms with E-state index in [1.807, 2.05) is 31.2 Å². The summed E-state index contributed by atoms with van der Waals surface area (Å²) >= 11 is 3.41. The van der Waals surface area contributed by atoms with Crippen molar-refractivity contribution in [1.82, 2.24) is 0 Å². The molecule has 0 N–H and O–H groups in total. The predicted molar refractivity (Wildman–Crippen MR) is 109 cm³/mol. The average Bonchev–Trinajstić information content (AvgIpc) is 2.99. The van der Waals surface area contributed by atoms with Crippen molar-refractivity contribution in [2.45, 2.75) is 13.5 Å². The summed E-state index contributed by atoms with van der Waals surface area (Å²) in [5, 5.41) is 0. The highest BCUT2D eigenvalue weighted by molar-refractivity contribution is 9.10. The lowest BCUT2D eigenvalue weighted by Gasteiger charge is -2.11. The van der Waals surface area contributed by atoms with E-state index in [1.165, 1.54) is 12.1 Å². The zero-order chi connectivity index (χ0) is 19.7. The summed E-state index contributed by atoms with van der Waals surface area (Å²) in [6.07, 6.45) is 1.55. The lowest BCUT2D eigenvalue weighted by molar-refractivity contribution is 0.101. The topological polar surface area (TPSA) is 35.5 Å². The Morgan fingerprint density at radius 1 is 1.11 bits per heavy atom. The lowest BCUT2D eigenvalue weighted by Crippen LogP contribution is -1.98. The molecule has 0 atom stereocenters. The van der Waals surface area contributed by atoms with Crippen molar-refractivity contribution in [2.24, 2.45) is 0 Å². The van der Waals surface area contributed by atoms with Crippen LogP contribution in [0.4, 0.5) is 4.39 Å². The molecular formula is C23H16BrFO3. The van der Waals surface area contributed by atoms with Crippen LogP contribution < -0.4 is 9.47 Å². The maximum atomic E-state index is 13.4. The number of halogens is 2. The fraction of sp³-hybridized carbons (Fsp3) is 0.0870. The fourth-order valence-electron chi connectivity index (χ4n) is 3.01. The predicted octanol–water partition coefficient (Wildman–Crippen LogP) is 6.09. The molecule has 0 aliphatic carbocycles. The SMILES string of the molecule is Cc1c(OCc2ccc(Br)cc2)ccc2c1O/C(=C\c1cccc(F)c1)C2=O. The zero-order valence-electron chi connectivity index (χ0n) is 15.0. The number of carbonyl (C=O) groups is 1. The minimum absolute atomic E-state index is 0.175. The number of fused-ring (bicyclic) bond motifs is 1. The number of hydrogen-bond donors (Lipinski definition) is 0. The first kappa shape index (κ1) is 18.4. The molecule has 3 nitrogen and oxygen atoms in total. The highest BCUT2D eigenvalue weighted by atomic mass is 79.9. The molecule has 0 saturated carbocycles. The summed E-state index contributed by atoms with van der Waals surface area (Å²) in [5.74, 6) is 0.732. The van der Waals surface area contributed by atoms with Gasteiger partial charge in [-0.3, -0.25) is 4.79 Å². The Labute approximate surface area is 170 Å². The number of allylic oxidation sites excluding steroid dienone is 1. The van der Waals surface area contributed by atoms with Crippen LogP contribution in [-0.2, 0) is 6.61 Å². The van der Waals surface area contributed by atoms with E-state index in [1.54, 1.807) is 30.3 Å². The molecule has 1 aliphatic heterocycles. The van der Waals surface area contributed by atoms with Gasteiger partial charge in [0.1, 0.15) is 23.9 Å². The molecule has 0 saturated heterocycles. The summed E-state index contributed by atoms with van der Waals surface area (Å²) in [5.41, 5.74) is 2.84.